The molecule has 0 unspecified atom stereocenters. The van der Waals surface area contributed by atoms with Crippen molar-refractivity contribution in [2.45, 2.75) is 36.7 Å². The highest BCUT2D eigenvalue weighted by Gasteiger charge is 2.58. The van der Waals surface area contributed by atoms with Crippen molar-refractivity contribution in [2.75, 3.05) is 13.1 Å². The molecule has 0 aliphatic carbocycles. The van der Waals surface area contributed by atoms with Gasteiger partial charge in [-0.1, -0.05) is 11.8 Å². The number of benzene rings is 1. The molecule has 1 aromatic rings. The number of carbonyl (C=O) groups excluding carboxylic acids is 2. The molecule has 1 aromatic carbocycles. The molecule has 176 valence electrons. The number of carbonyl (C=O) groups is 3. The zero-order valence-corrected chi connectivity index (χ0v) is 19.0. The number of aliphatic carboxylic acids is 1. The SMILES string of the molecule is C[C@H](F)[C@H]1C(=O)N2C(C(=O)O)=C(S[C@H]3CCN(C(=O)OCc4ccc([N+](=O)[O-])cc4)C3)S[C@H]12. The number of amides is 2. The summed E-state index contributed by atoms with van der Waals surface area (Å²) in [7, 11) is 0. The number of halogens is 1. The third-order valence-electron chi connectivity index (χ3n) is 5.63. The van der Waals surface area contributed by atoms with Gasteiger partial charge in [-0.15, -0.1) is 11.8 Å². The highest BCUT2D eigenvalue weighted by atomic mass is 32.2. The number of nitro benzene ring substituents is 1. The van der Waals surface area contributed by atoms with Gasteiger partial charge in [0.1, 0.15) is 18.2 Å². The van der Waals surface area contributed by atoms with E-state index in [0.29, 0.717) is 29.3 Å². The summed E-state index contributed by atoms with van der Waals surface area (Å²) in [5.41, 5.74) is 0.447. The summed E-state index contributed by atoms with van der Waals surface area (Å²) in [4.78, 5) is 49.2. The fourth-order valence-electron chi connectivity index (χ4n) is 3.90. The Bertz CT molecular complexity index is 1030. The van der Waals surface area contributed by atoms with E-state index in [9.17, 15) is 34.0 Å². The van der Waals surface area contributed by atoms with E-state index in [2.05, 4.69) is 0 Å². The Labute approximate surface area is 196 Å². The predicted octanol–water partition coefficient (Wildman–Crippen LogP) is 3.18. The Balaban J connectivity index is 1.32. The van der Waals surface area contributed by atoms with Gasteiger partial charge in [0, 0.05) is 30.5 Å². The van der Waals surface area contributed by atoms with Crippen LogP contribution >= 0.6 is 23.5 Å². The van der Waals surface area contributed by atoms with Gasteiger partial charge in [0.2, 0.25) is 5.91 Å². The second kappa shape index (κ2) is 9.21. The number of nitrogens with zero attached hydrogens (tertiary/aromatic N) is 3. The Morgan fingerprint density at radius 3 is 2.70 bits per heavy atom. The first-order chi connectivity index (χ1) is 15.7. The van der Waals surface area contributed by atoms with Crippen molar-refractivity contribution in [3.63, 3.8) is 0 Å². The van der Waals surface area contributed by atoms with Crippen molar-refractivity contribution in [3.8, 4) is 0 Å². The van der Waals surface area contributed by atoms with E-state index in [4.69, 9.17) is 4.74 Å². The number of thioether (sulfide) groups is 2. The van der Waals surface area contributed by atoms with Crippen LogP contribution in [-0.2, 0) is 20.9 Å². The van der Waals surface area contributed by atoms with Gasteiger partial charge in [0.05, 0.1) is 15.1 Å². The topological polar surface area (TPSA) is 130 Å². The molecule has 2 saturated heterocycles. The molecule has 0 saturated carbocycles. The Kier molecular flexibility index (Phi) is 6.52. The number of carboxylic acids is 1. The molecule has 1 N–H and O–H groups in total. The van der Waals surface area contributed by atoms with Gasteiger partial charge in [-0.2, -0.15) is 0 Å². The van der Waals surface area contributed by atoms with Crippen LogP contribution in [0, 0.1) is 16.0 Å². The van der Waals surface area contributed by atoms with Gasteiger partial charge in [-0.05, 0) is 31.0 Å². The maximum Gasteiger partial charge on any atom is 0.410 e. The van der Waals surface area contributed by atoms with Crippen LogP contribution in [0.1, 0.15) is 18.9 Å². The number of fused-ring (bicyclic) bond motifs is 1. The minimum Gasteiger partial charge on any atom is -0.477 e. The van der Waals surface area contributed by atoms with Crippen LogP contribution in [-0.4, -0.2) is 67.7 Å². The molecular weight excluding hydrogens is 477 g/mol. The zero-order chi connectivity index (χ0) is 23.9. The molecule has 0 aromatic heterocycles. The van der Waals surface area contributed by atoms with Crippen LogP contribution in [0.2, 0.25) is 0 Å². The molecule has 2 fully saturated rings. The van der Waals surface area contributed by atoms with Crippen LogP contribution in [0.15, 0.2) is 34.2 Å². The minimum absolute atomic E-state index is 0.0309. The third kappa shape index (κ3) is 4.51. The third-order valence-corrected chi connectivity index (χ3v) is 8.49. The standard InChI is InChI=1S/C20H20FN3O7S2/c1-10(21)14-16(25)23-15(18(26)27)19(33-17(14)23)32-13-6-7-22(8-13)20(28)31-9-11-2-4-12(5-3-11)24(29)30/h2-5,10,13-14,17H,6-9H2,1H3,(H,26,27)/t10-,13-,14-,17+/m0/s1. The fraction of sp³-hybridized carbons (Fsp3) is 0.450. The van der Waals surface area contributed by atoms with E-state index >= 15 is 0 Å². The van der Waals surface area contributed by atoms with Crippen molar-refractivity contribution in [3.05, 3.63) is 49.9 Å². The van der Waals surface area contributed by atoms with E-state index < -0.39 is 40.4 Å². The van der Waals surface area contributed by atoms with Gasteiger partial charge < -0.3 is 14.7 Å². The molecule has 3 heterocycles. The fourth-order valence-corrected chi connectivity index (χ4v) is 7.22. The minimum atomic E-state index is -1.36. The van der Waals surface area contributed by atoms with Crippen LogP contribution < -0.4 is 0 Å². The smallest absolute Gasteiger partial charge is 0.410 e. The number of likely N-dealkylation sites (tertiary alicyclic amines) is 1. The van der Waals surface area contributed by atoms with E-state index in [0.717, 1.165) is 4.90 Å². The van der Waals surface area contributed by atoms with Gasteiger partial charge >= 0.3 is 12.1 Å². The maximum atomic E-state index is 13.8. The van der Waals surface area contributed by atoms with Crippen molar-refractivity contribution in [1.82, 2.24) is 9.80 Å². The highest BCUT2D eigenvalue weighted by Crippen LogP contribution is 2.55. The molecule has 0 bridgehead atoms. The van der Waals surface area contributed by atoms with Gasteiger partial charge in [-0.3, -0.25) is 19.8 Å². The van der Waals surface area contributed by atoms with Crippen LogP contribution in [0.25, 0.3) is 0 Å². The number of hydrogen-bond acceptors (Lipinski definition) is 8. The lowest BCUT2D eigenvalue weighted by atomic mass is 9.93. The van der Waals surface area contributed by atoms with E-state index in [-0.39, 0.29) is 23.2 Å². The Morgan fingerprint density at radius 2 is 2.09 bits per heavy atom. The van der Waals surface area contributed by atoms with Crippen LogP contribution in [0.5, 0.6) is 0 Å². The monoisotopic (exact) mass is 497 g/mol. The number of ether oxygens (including phenoxy) is 1. The number of hydrogen-bond donors (Lipinski definition) is 1. The molecule has 33 heavy (non-hydrogen) atoms. The summed E-state index contributed by atoms with van der Waals surface area (Å²) in [5.74, 6) is -2.60. The van der Waals surface area contributed by atoms with Crippen molar-refractivity contribution >= 4 is 47.2 Å². The summed E-state index contributed by atoms with van der Waals surface area (Å²) < 4.78 is 19.5. The summed E-state index contributed by atoms with van der Waals surface area (Å²) in [6.45, 7) is 2.02. The molecule has 4 rings (SSSR count). The molecule has 10 nitrogen and oxygen atoms in total. The second-order valence-corrected chi connectivity index (χ2v) is 10.5. The van der Waals surface area contributed by atoms with E-state index in [1.165, 1.54) is 59.6 Å². The second-order valence-electron chi connectivity index (χ2n) is 7.81. The van der Waals surface area contributed by atoms with E-state index in [1.54, 1.807) is 0 Å². The first kappa shape index (κ1) is 23.4. The number of β-lactam (4-membered cyclic amide) rings is 1. The first-order valence-electron chi connectivity index (χ1n) is 10.1. The molecule has 3 aliphatic heterocycles. The summed E-state index contributed by atoms with van der Waals surface area (Å²) in [5, 5.41) is 19.7. The quantitative estimate of drug-likeness (QED) is 0.343. The number of non-ortho nitro benzene ring substituents is 1. The lowest BCUT2D eigenvalue weighted by Crippen LogP contribution is -2.60. The Morgan fingerprint density at radius 1 is 1.39 bits per heavy atom. The molecule has 13 heteroatoms. The Hall–Kier alpha value is -2.80. The normalized spacial score (nSPS) is 25.0. The van der Waals surface area contributed by atoms with Crippen LogP contribution in [0.3, 0.4) is 0 Å². The van der Waals surface area contributed by atoms with E-state index in [1.807, 2.05) is 0 Å². The summed E-state index contributed by atoms with van der Waals surface area (Å²) in [6, 6.07) is 5.70. The number of carboxylic acid groups (broad SMARTS) is 1. The largest absolute Gasteiger partial charge is 0.477 e. The zero-order valence-electron chi connectivity index (χ0n) is 17.4. The molecular formula is C20H20FN3O7S2. The number of alkyl halides is 1. The first-order valence-corrected chi connectivity index (χ1v) is 11.9. The highest BCUT2D eigenvalue weighted by molar-refractivity contribution is 8.23. The summed E-state index contributed by atoms with van der Waals surface area (Å²) >= 11 is 2.48. The number of rotatable bonds is 7. The van der Waals surface area contributed by atoms with Crippen LogP contribution in [0.4, 0.5) is 14.9 Å². The number of nitro groups is 1. The summed E-state index contributed by atoms with van der Waals surface area (Å²) in [6.07, 6.45) is -1.29. The molecule has 0 radical (unpaired) electrons. The molecule has 4 atom stereocenters. The molecule has 0 spiro atoms. The average Bonchev–Trinajstić information content (AvgIpc) is 3.35. The van der Waals surface area contributed by atoms with Gasteiger partial charge in [0.15, 0.2) is 5.70 Å². The predicted molar refractivity (Wildman–Crippen MR) is 118 cm³/mol. The maximum absolute atomic E-state index is 13.8. The van der Waals surface area contributed by atoms with Crippen molar-refractivity contribution < 1.29 is 33.5 Å². The molecule has 3 aliphatic rings. The lowest BCUT2D eigenvalue weighted by Gasteiger charge is -2.42. The van der Waals surface area contributed by atoms with Gasteiger partial charge in [0.25, 0.3) is 5.69 Å². The average molecular weight is 498 g/mol. The van der Waals surface area contributed by atoms with Crippen molar-refractivity contribution in [1.29, 1.82) is 0 Å². The molecule has 2 amide bonds. The van der Waals surface area contributed by atoms with Gasteiger partial charge in [-0.25, -0.2) is 14.0 Å². The van der Waals surface area contributed by atoms with Crippen molar-refractivity contribution in [2.24, 2.45) is 5.92 Å². The lowest BCUT2D eigenvalue weighted by molar-refractivity contribution is -0.384.